The summed E-state index contributed by atoms with van der Waals surface area (Å²) in [5, 5.41) is 6.36. The van der Waals surface area contributed by atoms with Gasteiger partial charge in [0.25, 0.3) is 0 Å². The number of aromatic nitrogens is 2. The smallest absolute Gasteiger partial charge is 0.136 e. The fraction of sp³-hybridized carbons (Fsp3) is 0.286. The van der Waals surface area contributed by atoms with Crippen LogP contribution in [-0.4, -0.2) is 17.0 Å². The molecule has 0 amide bonds. The van der Waals surface area contributed by atoms with E-state index < -0.39 is 5.82 Å². The molecule has 0 fully saturated rings. The molecule has 2 aromatic rings. The molecular formula is C14H16ClFN4. The molecule has 2 rings (SSSR count). The number of benzene rings is 1. The van der Waals surface area contributed by atoms with Gasteiger partial charge in [-0.3, -0.25) is 0 Å². The van der Waals surface area contributed by atoms with Gasteiger partial charge in [0.15, 0.2) is 0 Å². The molecule has 0 aliphatic rings. The monoisotopic (exact) mass is 294 g/mol. The van der Waals surface area contributed by atoms with Gasteiger partial charge in [-0.25, -0.2) is 14.4 Å². The summed E-state index contributed by atoms with van der Waals surface area (Å²) in [6.45, 7) is 2.06. The molecule has 0 atom stereocenters. The molecule has 1 aromatic carbocycles. The van der Waals surface area contributed by atoms with E-state index in [4.69, 9.17) is 11.6 Å². The minimum absolute atomic E-state index is 0.337. The summed E-state index contributed by atoms with van der Waals surface area (Å²) in [6.07, 6.45) is 1.74. The van der Waals surface area contributed by atoms with Gasteiger partial charge in [-0.05, 0) is 24.6 Å². The Morgan fingerprint density at radius 1 is 1.15 bits per heavy atom. The SMILES string of the molecule is CCCc1nc(NC)cc(Nc2cc(F)cc(Cl)c2)n1. The molecular weight excluding hydrogens is 279 g/mol. The second kappa shape index (κ2) is 6.52. The quantitative estimate of drug-likeness (QED) is 0.875. The lowest BCUT2D eigenvalue weighted by molar-refractivity contribution is 0.628. The van der Waals surface area contributed by atoms with Crippen LogP contribution in [0.3, 0.4) is 0 Å². The van der Waals surface area contributed by atoms with Crippen LogP contribution in [-0.2, 0) is 6.42 Å². The zero-order chi connectivity index (χ0) is 14.5. The Labute approximate surface area is 122 Å². The number of anilines is 3. The molecule has 1 aromatic heterocycles. The summed E-state index contributed by atoms with van der Waals surface area (Å²) in [4.78, 5) is 8.75. The molecule has 0 unspecified atom stereocenters. The van der Waals surface area contributed by atoms with Crippen molar-refractivity contribution in [3.05, 3.63) is 40.9 Å². The Morgan fingerprint density at radius 3 is 2.55 bits per heavy atom. The molecule has 4 nitrogen and oxygen atoms in total. The number of rotatable bonds is 5. The van der Waals surface area contributed by atoms with Gasteiger partial charge in [-0.1, -0.05) is 18.5 Å². The molecule has 0 saturated heterocycles. The van der Waals surface area contributed by atoms with Gasteiger partial charge in [0.05, 0.1) is 0 Å². The topological polar surface area (TPSA) is 49.8 Å². The molecule has 0 radical (unpaired) electrons. The van der Waals surface area contributed by atoms with E-state index in [1.807, 2.05) is 0 Å². The van der Waals surface area contributed by atoms with Crippen molar-refractivity contribution in [1.29, 1.82) is 0 Å². The molecule has 106 valence electrons. The molecule has 0 aliphatic carbocycles. The Bertz CT molecular complexity index is 583. The highest BCUT2D eigenvalue weighted by Gasteiger charge is 2.05. The predicted octanol–water partition coefficient (Wildman–Crippen LogP) is 4.01. The maximum absolute atomic E-state index is 13.3. The Morgan fingerprint density at radius 2 is 1.90 bits per heavy atom. The van der Waals surface area contributed by atoms with Crippen LogP contribution in [0, 0.1) is 5.82 Å². The first kappa shape index (κ1) is 14.5. The average molecular weight is 295 g/mol. The minimum atomic E-state index is -0.392. The molecule has 1 heterocycles. The minimum Gasteiger partial charge on any atom is -0.373 e. The van der Waals surface area contributed by atoms with Crippen molar-refractivity contribution in [2.45, 2.75) is 19.8 Å². The summed E-state index contributed by atoms with van der Waals surface area (Å²) in [6, 6.07) is 6.03. The first-order valence-electron chi connectivity index (χ1n) is 6.39. The maximum atomic E-state index is 13.3. The summed E-state index contributed by atoms with van der Waals surface area (Å²) >= 11 is 5.83. The largest absolute Gasteiger partial charge is 0.373 e. The molecule has 0 aliphatic heterocycles. The molecule has 0 spiro atoms. The number of nitrogens with one attached hydrogen (secondary N) is 2. The van der Waals surface area contributed by atoms with Crippen LogP contribution in [0.2, 0.25) is 5.02 Å². The molecule has 0 bridgehead atoms. The molecule has 0 saturated carbocycles. The lowest BCUT2D eigenvalue weighted by Gasteiger charge is -2.10. The lowest BCUT2D eigenvalue weighted by atomic mass is 10.3. The molecule has 20 heavy (non-hydrogen) atoms. The normalized spacial score (nSPS) is 10.4. The Balaban J connectivity index is 2.29. The van der Waals surface area contributed by atoms with Gasteiger partial charge in [-0.15, -0.1) is 0 Å². The third-order valence-electron chi connectivity index (χ3n) is 2.64. The number of aryl methyl sites for hydroxylation is 1. The second-order valence-corrected chi connectivity index (χ2v) is 4.77. The highest BCUT2D eigenvalue weighted by molar-refractivity contribution is 6.30. The van der Waals surface area contributed by atoms with E-state index in [1.54, 1.807) is 19.2 Å². The van der Waals surface area contributed by atoms with Crippen LogP contribution in [0.4, 0.5) is 21.7 Å². The number of hydrogen-bond donors (Lipinski definition) is 2. The highest BCUT2D eigenvalue weighted by Crippen LogP contribution is 2.22. The van der Waals surface area contributed by atoms with E-state index in [0.29, 0.717) is 22.3 Å². The Kier molecular flexibility index (Phi) is 4.74. The molecule has 6 heteroatoms. The van der Waals surface area contributed by atoms with Crippen molar-refractivity contribution in [2.24, 2.45) is 0 Å². The average Bonchev–Trinajstić information content (AvgIpc) is 2.37. The van der Waals surface area contributed by atoms with Crippen LogP contribution < -0.4 is 10.6 Å². The van der Waals surface area contributed by atoms with Crippen LogP contribution in [0.5, 0.6) is 0 Å². The highest BCUT2D eigenvalue weighted by atomic mass is 35.5. The predicted molar refractivity (Wildman–Crippen MR) is 80.3 cm³/mol. The first-order valence-corrected chi connectivity index (χ1v) is 6.77. The molecule has 2 N–H and O–H groups in total. The van der Waals surface area contributed by atoms with Gasteiger partial charge in [-0.2, -0.15) is 0 Å². The van der Waals surface area contributed by atoms with Crippen molar-refractivity contribution in [3.8, 4) is 0 Å². The fourth-order valence-electron chi connectivity index (χ4n) is 1.80. The van der Waals surface area contributed by atoms with Gasteiger partial charge >= 0.3 is 0 Å². The standard InChI is InChI=1S/C14H16ClFN4/c1-3-4-12-19-13(17-2)8-14(20-12)18-11-6-9(15)5-10(16)7-11/h5-8H,3-4H2,1-2H3,(H2,17,18,19,20). The van der Waals surface area contributed by atoms with E-state index in [9.17, 15) is 4.39 Å². The van der Waals surface area contributed by atoms with Crippen LogP contribution in [0.25, 0.3) is 0 Å². The fourth-order valence-corrected chi connectivity index (χ4v) is 2.02. The van der Waals surface area contributed by atoms with E-state index >= 15 is 0 Å². The summed E-state index contributed by atoms with van der Waals surface area (Å²) in [5.41, 5.74) is 0.554. The maximum Gasteiger partial charge on any atom is 0.136 e. The summed E-state index contributed by atoms with van der Waals surface area (Å²) < 4.78 is 13.3. The third kappa shape index (κ3) is 3.81. The summed E-state index contributed by atoms with van der Waals surface area (Å²) in [7, 11) is 1.79. The van der Waals surface area contributed by atoms with Gasteiger partial charge in [0.2, 0.25) is 0 Å². The Hall–Kier alpha value is -1.88. The van der Waals surface area contributed by atoms with Crippen LogP contribution >= 0.6 is 11.6 Å². The zero-order valence-electron chi connectivity index (χ0n) is 11.4. The van der Waals surface area contributed by atoms with Gasteiger partial charge in [0, 0.05) is 30.2 Å². The number of nitrogens with zero attached hydrogens (tertiary/aromatic N) is 2. The van der Waals surface area contributed by atoms with Gasteiger partial charge in [0.1, 0.15) is 23.3 Å². The third-order valence-corrected chi connectivity index (χ3v) is 2.86. The van der Waals surface area contributed by atoms with Crippen LogP contribution in [0.1, 0.15) is 19.2 Å². The van der Waals surface area contributed by atoms with E-state index in [2.05, 4.69) is 27.5 Å². The van der Waals surface area contributed by atoms with E-state index in [-0.39, 0.29) is 0 Å². The van der Waals surface area contributed by atoms with Crippen molar-refractivity contribution < 1.29 is 4.39 Å². The van der Waals surface area contributed by atoms with Crippen molar-refractivity contribution in [2.75, 3.05) is 17.7 Å². The van der Waals surface area contributed by atoms with Gasteiger partial charge < -0.3 is 10.6 Å². The van der Waals surface area contributed by atoms with Crippen LogP contribution in [0.15, 0.2) is 24.3 Å². The first-order chi connectivity index (χ1) is 9.60. The van der Waals surface area contributed by atoms with Crippen molar-refractivity contribution in [1.82, 2.24) is 9.97 Å². The number of hydrogen-bond acceptors (Lipinski definition) is 4. The number of halogens is 2. The van der Waals surface area contributed by atoms with Crippen molar-refractivity contribution in [3.63, 3.8) is 0 Å². The zero-order valence-corrected chi connectivity index (χ0v) is 12.1. The summed E-state index contributed by atoms with van der Waals surface area (Å²) in [5.74, 6) is 1.67. The van der Waals surface area contributed by atoms with E-state index in [0.717, 1.165) is 18.7 Å². The second-order valence-electron chi connectivity index (χ2n) is 4.34. The van der Waals surface area contributed by atoms with Crippen molar-refractivity contribution >= 4 is 28.9 Å². The lowest BCUT2D eigenvalue weighted by Crippen LogP contribution is -2.04. The van der Waals surface area contributed by atoms with E-state index in [1.165, 1.54) is 12.1 Å².